The van der Waals surface area contributed by atoms with Crippen LogP contribution in [0.15, 0.2) is 48.6 Å². The zero-order valence-corrected chi connectivity index (χ0v) is 43.3. The summed E-state index contributed by atoms with van der Waals surface area (Å²) in [7, 11) is 0. The van der Waals surface area contributed by atoms with E-state index < -0.39 is 6.10 Å². The van der Waals surface area contributed by atoms with Crippen LogP contribution in [0.4, 0.5) is 0 Å². The van der Waals surface area contributed by atoms with Crippen molar-refractivity contribution < 1.29 is 28.6 Å². The molecule has 6 nitrogen and oxygen atoms in total. The second kappa shape index (κ2) is 54.0. The van der Waals surface area contributed by atoms with Gasteiger partial charge in [0.05, 0.1) is 0 Å². The Kier molecular flexibility index (Phi) is 51.8. The largest absolute Gasteiger partial charge is 0.462 e. The molecule has 0 aromatic carbocycles. The van der Waals surface area contributed by atoms with Crippen LogP contribution in [0.2, 0.25) is 0 Å². The first-order chi connectivity index (χ1) is 32.0. The second-order valence-corrected chi connectivity index (χ2v) is 18.8. The highest BCUT2D eigenvalue weighted by Crippen LogP contribution is 2.16. The highest BCUT2D eigenvalue weighted by molar-refractivity contribution is 5.71. The van der Waals surface area contributed by atoms with Gasteiger partial charge in [0.1, 0.15) is 13.2 Å². The molecule has 1 atom stereocenters. The molecule has 0 rings (SSSR count). The highest BCUT2D eigenvalue weighted by Gasteiger charge is 2.19. The van der Waals surface area contributed by atoms with Gasteiger partial charge in [-0.25, -0.2) is 0 Å². The maximum Gasteiger partial charge on any atom is 0.306 e. The topological polar surface area (TPSA) is 78.9 Å². The van der Waals surface area contributed by atoms with Crippen molar-refractivity contribution in [3.63, 3.8) is 0 Å². The smallest absolute Gasteiger partial charge is 0.306 e. The molecular weight excluding hydrogens is 805 g/mol. The SMILES string of the molecule is CCCCCC/C=C\CCCCCCCCCC(=O)OC[C@H](COC(=O)CCCCCCCCCCCCCCCCC)OC(=O)CCC/C=C\C/C=C\C/C=C\CCCCCCCC. The molecule has 0 radical (unpaired) electrons. The summed E-state index contributed by atoms with van der Waals surface area (Å²) in [6.45, 7) is 6.60. The van der Waals surface area contributed by atoms with Gasteiger partial charge in [-0.15, -0.1) is 0 Å². The summed E-state index contributed by atoms with van der Waals surface area (Å²) in [5.41, 5.74) is 0. The van der Waals surface area contributed by atoms with Gasteiger partial charge in [-0.05, 0) is 77.0 Å². The number of carbonyl (C=O) groups excluding carboxylic acids is 3. The van der Waals surface area contributed by atoms with E-state index in [1.54, 1.807) is 0 Å². The summed E-state index contributed by atoms with van der Waals surface area (Å²) in [6, 6.07) is 0. The molecule has 6 heteroatoms. The van der Waals surface area contributed by atoms with E-state index in [0.29, 0.717) is 19.3 Å². The van der Waals surface area contributed by atoms with Crippen LogP contribution in [-0.4, -0.2) is 37.2 Å². The molecular formula is C59H106O6. The van der Waals surface area contributed by atoms with Crippen molar-refractivity contribution >= 4 is 17.9 Å². The molecule has 0 fully saturated rings. The van der Waals surface area contributed by atoms with Crippen LogP contribution < -0.4 is 0 Å². The second-order valence-electron chi connectivity index (χ2n) is 18.8. The number of allylic oxidation sites excluding steroid dienone is 8. The van der Waals surface area contributed by atoms with E-state index in [1.165, 1.54) is 186 Å². The van der Waals surface area contributed by atoms with Crippen LogP contribution in [0.5, 0.6) is 0 Å². The van der Waals surface area contributed by atoms with E-state index >= 15 is 0 Å². The van der Waals surface area contributed by atoms with Crippen molar-refractivity contribution in [2.45, 2.75) is 297 Å². The molecule has 0 aromatic heterocycles. The molecule has 0 bridgehead atoms. The maximum absolute atomic E-state index is 12.8. The Morgan fingerprint density at radius 1 is 0.308 bits per heavy atom. The third-order valence-corrected chi connectivity index (χ3v) is 12.3. The van der Waals surface area contributed by atoms with Gasteiger partial charge in [-0.2, -0.15) is 0 Å². The number of esters is 3. The van der Waals surface area contributed by atoms with Gasteiger partial charge in [0.15, 0.2) is 6.10 Å². The molecule has 0 aliphatic heterocycles. The Hall–Kier alpha value is -2.63. The minimum absolute atomic E-state index is 0.0915. The number of rotatable bonds is 51. The van der Waals surface area contributed by atoms with Crippen molar-refractivity contribution in [2.75, 3.05) is 13.2 Å². The molecule has 65 heavy (non-hydrogen) atoms. The first kappa shape index (κ1) is 62.4. The third kappa shape index (κ3) is 52.2. The van der Waals surface area contributed by atoms with E-state index in [2.05, 4.69) is 69.4 Å². The first-order valence-corrected chi connectivity index (χ1v) is 28.1. The van der Waals surface area contributed by atoms with Crippen LogP contribution in [0, 0.1) is 0 Å². The zero-order chi connectivity index (χ0) is 47.2. The lowest BCUT2D eigenvalue weighted by Crippen LogP contribution is -2.30. The van der Waals surface area contributed by atoms with Gasteiger partial charge >= 0.3 is 17.9 Å². The Bertz CT molecular complexity index is 1140. The molecule has 0 amide bonds. The molecule has 0 aromatic rings. The summed E-state index contributed by atoms with van der Waals surface area (Å²) in [6.07, 6.45) is 65.3. The van der Waals surface area contributed by atoms with E-state index in [9.17, 15) is 14.4 Å². The zero-order valence-electron chi connectivity index (χ0n) is 43.3. The van der Waals surface area contributed by atoms with Crippen LogP contribution in [0.3, 0.4) is 0 Å². The standard InChI is InChI=1S/C59H106O6/c1-4-7-10-13-16-19-22-25-28-29-32-35-38-41-44-47-50-53-59(62)65-56(54-63-57(60)51-48-45-42-39-36-33-30-26-23-20-17-14-11-8-5-2)55-64-58(61)52-49-46-43-40-37-34-31-27-24-21-18-15-12-9-6-3/h20,23,25,28,32,35,41,44,56H,4-19,21-22,24,26-27,29-31,33-34,36-40,42-43,45-55H2,1-3H3/b23-20-,28-25-,35-32-,44-41-/t56-/m1/s1. The summed E-state index contributed by atoms with van der Waals surface area (Å²) < 4.78 is 16.8. The lowest BCUT2D eigenvalue weighted by atomic mass is 10.0. The van der Waals surface area contributed by atoms with Crippen molar-refractivity contribution in [1.29, 1.82) is 0 Å². The van der Waals surface area contributed by atoms with Crippen molar-refractivity contribution in [2.24, 2.45) is 0 Å². The van der Waals surface area contributed by atoms with Crippen molar-refractivity contribution in [1.82, 2.24) is 0 Å². The first-order valence-electron chi connectivity index (χ1n) is 28.1. The highest BCUT2D eigenvalue weighted by atomic mass is 16.6. The molecule has 0 aliphatic carbocycles. The molecule has 0 N–H and O–H groups in total. The van der Waals surface area contributed by atoms with Crippen LogP contribution >= 0.6 is 0 Å². The fraction of sp³-hybridized carbons (Fsp3) is 0.814. The number of carbonyl (C=O) groups is 3. The van der Waals surface area contributed by atoms with Gasteiger partial charge in [0, 0.05) is 19.3 Å². The van der Waals surface area contributed by atoms with Gasteiger partial charge in [0.2, 0.25) is 0 Å². The molecule has 0 unspecified atom stereocenters. The van der Waals surface area contributed by atoms with E-state index in [-0.39, 0.29) is 37.5 Å². The minimum atomic E-state index is -0.798. The predicted octanol–water partition coefficient (Wildman–Crippen LogP) is 18.7. The van der Waals surface area contributed by atoms with E-state index in [0.717, 1.165) is 57.8 Å². The van der Waals surface area contributed by atoms with E-state index in [1.807, 2.05) is 0 Å². The summed E-state index contributed by atoms with van der Waals surface area (Å²) in [4.78, 5) is 38.1. The Labute approximate surface area is 403 Å². The van der Waals surface area contributed by atoms with Gasteiger partial charge in [0.25, 0.3) is 0 Å². The van der Waals surface area contributed by atoms with Gasteiger partial charge in [-0.1, -0.05) is 243 Å². The molecule has 0 aliphatic rings. The third-order valence-electron chi connectivity index (χ3n) is 12.3. The summed E-state index contributed by atoms with van der Waals surface area (Å²) in [5, 5.41) is 0. The number of hydrogen-bond acceptors (Lipinski definition) is 6. The predicted molar refractivity (Wildman–Crippen MR) is 279 cm³/mol. The number of unbranched alkanes of at least 4 members (excludes halogenated alkanes) is 32. The average Bonchev–Trinajstić information content (AvgIpc) is 3.30. The monoisotopic (exact) mass is 911 g/mol. The fourth-order valence-electron chi connectivity index (χ4n) is 8.04. The molecule has 0 saturated carbocycles. The number of hydrogen-bond donors (Lipinski definition) is 0. The minimum Gasteiger partial charge on any atom is -0.462 e. The summed E-state index contributed by atoms with van der Waals surface area (Å²) >= 11 is 0. The van der Waals surface area contributed by atoms with Crippen LogP contribution in [0.1, 0.15) is 290 Å². The lowest BCUT2D eigenvalue weighted by Gasteiger charge is -2.18. The van der Waals surface area contributed by atoms with Gasteiger partial charge < -0.3 is 14.2 Å². The van der Waals surface area contributed by atoms with Crippen molar-refractivity contribution in [3.05, 3.63) is 48.6 Å². The Morgan fingerprint density at radius 3 is 0.938 bits per heavy atom. The molecule has 0 heterocycles. The fourth-order valence-corrected chi connectivity index (χ4v) is 8.04. The van der Waals surface area contributed by atoms with Gasteiger partial charge in [-0.3, -0.25) is 14.4 Å². The summed E-state index contributed by atoms with van der Waals surface area (Å²) in [5.74, 6) is -0.936. The normalized spacial score (nSPS) is 12.4. The average molecular weight is 911 g/mol. The molecule has 0 spiro atoms. The maximum atomic E-state index is 12.8. The Morgan fingerprint density at radius 2 is 0.569 bits per heavy atom. The lowest BCUT2D eigenvalue weighted by molar-refractivity contribution is -0.167. The van der Waals surface area contributed by atoms with Crippen molar-refractivity contribution in [3.8, 4) is 0 Å². The van der Waals surface area contributed by atoms with Crippen LogP contribution in [-0.2, 0) is 28.6 Å². The molecule has 378 valence electrons. The quantitative estimate of drug-likeness (QED) is 0.0262. The Balaban J connectivity index is 4.44. The number of ether oxygens (including phenoxy) is 3. The van der Waals surface area contributed by atoms with Crippen LogP contribution in [0.25, 0.3) is 0 Å². The molecule has 0 saturated heterocycles. The van der Waals surface area contributed by atoms with E-state index in [4.69, 9.17) is 14.2 Å².